The van der Waals surface area contributed by atoms with Crippen molar-refractivity contribution in [2.24, 2.45) is 0 Å². The molecule has 1 fully saturated rings. The predicted octanol–water partition coefficient (Wildman–Crippen LogP) is 1.31. The standard InChI is InChI=1S/C9H16N2O/c1-7(5-10)8(2)11-9-3-4-12-6-9/h5,9-11H,3-4,6H2,1-2H3/b8-7-,10-5?. The fraction of sp³-hybridized carbons (Fsp3) is 0.667. The Morgan fingerprint density at radius 1 is 1.58 bits per heavy atom. The molecule has 1 aliphatic heterocycles. The van der Waals surface area contributed by atoms with Crippen molar-refractivity contribution in [3.63, 3.8) is 0 Å². The first kappa shape index (κ1) is 9.26. The number of nitrogens with one attached hydrogen (secondary N) is 2. The third-order valence-electron chi connectivity index (χ3n) is 2.16. The zero-order valence-corrected chi connectivity index (χ0v) is 7.68. The fourth-order valence-corrected chi connectivity index (χ4v) is 1.18. The summed E-state index contributed by atoms with van der Waals surface area (Å²) in [5.74, 6) is 0. The van der Waals surface area contributed by atoms with Gasteiger partial charge < -0.3 is 15.5 Å². The van der Waals surface area contributed by atoms with Crippen molar-refractivity contribution in [1.29, 1.82) is 5.41 Å². The zero-order valence-electron chi connectivity index (χ0n) is 7.68. The SMILES string of the molecule is C/C(C=N)=C(\C)NC1CCOC1. The van der Waals surface area contributed by atoms with Crippen LogP contribution in [0.2, 0.25) is 0 Å². The average molecular weight is 168 g/mol. The summed E-state index contributed by atoms with van der Waals surface area (Å²) in [4.78, 5) is 0. The van der Waals surface area contributed by atoms with Gasteiger partial charge in [0.05, 0.1) is 12.6 Å². The molecule has 1 atom stereocenters. The molecule has 12 heavy (non-hydrogen) atoms. The highest BCUT2D eigenvalue weighted by atomic mass is 16.5. The molecule has 0 aromatic rings. The molecule has 0 aromatic carbocycles. The second-order valence-electron chi connectivity index (χ2n) is 3.16. The van der Waals surface area contributed by atoms with E-state index < -0.39 is 0 Å². The maximum atomic E-state index is 7.06. The van der Waals surface area contributed by atoms with Gasteiger partial charge in [-0.3, -0.25) is 0 Å². The van der Waals surface area contributed by atoms with Gasteiger partial charge >= 0.3 is 0 Å². The highest BCUT2D eigenvalue weighted by Crippen LogP contribution is 2.06. The highest BCUT2D eigenvalue weighted by molar-refractivity contribution is 5.75. The first-order valence-electron chi connectivity index (χ1n) is 4.26. The number of hydrogen-bond acceptors (Lipinski definition) is 3. The molecule has 0 saturated carbocycles. The fourth-order valence-electron chi connectivity index (χ4n) is 1.18. The summed E-state index contributed by atoms with van der Waals surface area (Å²) >= 11 is 0. The molecule has 1 unspecified atom stereocenters. The van der Waals surface area contributed by atoms with E-state index in [-0.39, 0.29) is 0 Å². The molecule has 1 heterocycles. The van der Waals surface area contributed by atoms with Gasteiger partial charge in [0.25, 0.3) is 0 Å². The van der Waals surface area contributed by atoms with Gasteiger partial charge in [0.15, 0.2) is 0 Å². The van der Waals surface area contributed by atoms with E-state index in [1.807, 2.05) is 13.8 Å². The molecule has 1 saturated heterocycles. The van der Waals surface area contributed by atoms with E-state index in [9.17, 15) is 0 Å². The monoisotopic (exact) mass is 168 g/mol. The summed E-state index contributed by atoms with van der Waals surface area (Å²) in [5, 5.41) is 10.4. The van der Waals surface area contributed by atoms with E-state index in [1.165, 1.54) is 6.21 Å². The third kappa shape index (κ3) is 2.34. The number of ether oxygens (including phenoxy) is 1. The van der Waals surface area contributed by atoms with Crippen molar-refractivity contribution in [2.45, 2.75) is 26.3 Å². The lowest BCUT2D eigenvalue weighted by Gasteiger charge is -2.13. The molecule has 0 amide bonds. The van der Waals surface area contributed by atoms with Gasteiger partial charge in [-0.25, -0.2) is 0 Å². The Balaban J connectivity index is 2.43. The van der Waals surface area contributed by atoms with Gasteiger partial charge in [0, 0.05) is 18.5 Å². The van der Waals surface area contributed by atoms with Crippen LogP contribution in [0, 0.1) is 5.41 Å². The Labute approximate surface area is 73.3 Å². The molecular weight excluding hydrogens is 152 g/mol. The molecule has 68 valence electrons. The van der Waals surface area contributed by atoms with Crippen LogP contribution in [-0.2, 0) is 4.74 Å². The largest absolute Gasteiger partial charge is 0.383 e. The van der Waals surface area contributed by atoms with Crippen LogP contribution in [0.4, 0.5) is 0 Å². The van der Waals surface area contributed by atoms with Crippen LogP contribution >= 0.6 is 0 Å². The molecule has 0 radical (unpaired) electrons. The summed E-state index contributed by atoms with van der Waals surface area (Å²) in [6.07, 6.45) is 2.45. The smallest absolute Gasteiger partial charge is 0.0668 e. The maximum Gasteiger partial charge on any atom is 0.0668 e. The summed E-state index contributed by atoms with van der Waals surface area (Å²) in [7, 11) is 0. The van der Waals surface area contributed by atoms with Crippen molar-refractivity contribution < 1.29 is 4.74 Å². The van der Waals surface area contributed by atoms with Crippen LogP contribution in [0.5, 0.6) is 0 Å². The Hall–Kier alpha value is -0.830. The van der Waals surface area contributed by atoms with Crippen LogP contribution in [0.1, 0.15) is 20.3 Å². The number of allylic oxidation sites excluding steroid dienone is 2. The van der Waals surface area contributed by atoms with Crippen LogP contribution in [0.25, 0.3) is 0 Å². The van der Waals surface area contributed by atoms with Crippen molar-refractivity contribution in [2.75, 3.05) is 13.2 Å². The molecule has 3 nitrogen and oxygen atoms in total. The summed E-state index contributed by atoms with van der Waals surface area (Å²) in [5.41, 5.74) is 2.07. The summed E-state index contributed by atoms with van der Waals surface area (Å²) in [6, 6.07) is 0.444. The molecule has 1 aliphatic rings. The van der Waals surface area contributed by atoms with Crippen molar-refractivity contribution in [3.8, 4) is 0 Å². The van der Waals surface area contributed by atoms with Crippen LogP contribution < -0.4 is 5.32 Å². The Morgan fingerprint density at radius 3 is 2.83 bits per heavy atom. The van der Waals surface area contributed by atoms with Crippen LogP contribution in [-0.4, -0.2) is 25.5 Å². The third-order valence-corrected chi connectivity index (χ3v) is 2.16. The molecule has 0 aromatic heterocycles. The van der Waals surface area contributed by atoms with Crippen molar-refractivity contribution in [1.82, 2.24) is 5.32 Å². The first-order chi connectivity index (χ1) is 5.74. The Bertz CT molecular complexity index is 193. The molecule has 2 N–H and O–H groups in total. The van der Waals surface area contributed by atoms with E-state index in [2.05, 4.69) is 5.32 Å². The minimum Gasteiger partial charge on any atom is -0.383 e. The second kappa shape index (κ2) is 4.26. The van der Waals surface area contributed by atoms with Gasteiger partial charge in [-0.2, -0.15) is 0 Å². The lowest BCUT2D eigenvalue weighted by atomic mass is 10.2. The van der Waals surface area contributed by atoms with E-state index in [4.69, 9.17) is 10.1 Å². The van der Waals surface area contributed by atoms with E-state index in [1.54, 1.807) is 0 Å². The number of rotatable bonds is 3. The summed E-state index contributed by atoms with van der Waals surface area (Å²) < 4.78 is 5.23. The molecule has 1 rings (SSSR count). The minimum atomic E-state index is 0.444. The Kier molecular flexibility index (Phi) is 3.29. The predicted molar refractivity (Wildman–Crippen MR) is 49.5 cm³/mol. The maximum absolute atomic E-state index is 7.06. The van der Waals surface area contributed by atoms with E-state index in [0.29, 0.717) is 6.04 Å². The van der Waals surface area contributed by atoms with Crippen molar-refractivity contribution in [3.05, 3.63) is 11.3 Å². The van der Waals surface area contributed by atoms with Gasteiger partial charge in [-0.05, 0) is 25.8 Å². The minimum absolute atomic E-state index is 0.444. The topological polar surface area (TPSA) is 45.1 Å². The normalized spacial score (nSPS) is 25.0. The lowest BCUT2D eigenvalue weighted by Crippen LogP contribution is -2.28. The molecule has 0 aliphatic carbocycles. The van der Waals surface area contributed by atoms with Gasteiger partial charge in [-0.1, -0.05) is 0 Å². The van der Waals surface area contributed by atoms with Crippen LogP contribution in [0.15, 0.2) is 11.3 Å². The molecular formula is C9H16N2O. The number of hydrogen-bond donors (Lipinski definition) is 2. The highest BCUT2D eigenvalue weighted by Gasteiger charge is 2.14. The van der Waals surface area contributed by atoms with Gasteiger partial charge in [0.2, 0.25) is 0 Å². The molecule has 3 heteroatoms. The van der Waals surface area contributed by atoms with Gasteiger partial charge in [0.1, 0.15) is 0 Å². The quantitative estimate of drug-likeness (QED) is 0.624. The van der Waals surface area contributed by atoms with Gasteiger partial charge in [-0.15, -0.1) is 0 Å². The molecule has 0 bridgehead atoms. The average Bonchev–Trinajstić information content (AvgIpc) is 2.55. The Morgan fingerprint density at radius 2 is 2.33 bits per heavy atom. The molecule has 0 spiro atoms. The second-order valence-corrected chi connectivity index (χ2v) is 3.16. The van der Waals surface area contributed by atoms with E-state index in [0.717, 1.165) is 30.9 Å². The zero-order chi connectivity index (χ0) is 8.97. The van der Waals surface area contributed by atoms with Crippen molar-refractivity contribution >= 4 is 6.21 Å². The van der Waals surface area contributed by atoms with E-state index >= 15 is 0 Å². The lowest BCUT2D eigenvalue weighted by molar-refractivity contribution is 0.191. The first-order valence-corrected chi connectivity index (χ1v) is 4.26. The van der Waals surface area contributed by atoms with Crippen LogP contribution in [0.3, 0.4) is 0 Å². The summed E-state index contributed by atoms with van der Waals surface area (Å²) in [6.45, 7) is 5.58.